The molecule has 0 atom stereocenters. The van der Waals surface area contributed by atoms with Gasteiger partial charge in [0.1, 0.15) is 5.56 Å². The average Bonchev–Trinajstić information content (AvgIpc) is 3.32. The summed E-state index contributed by atoms with van der Waals surface area (Å²) in [4.78, 5) is 41.9. The molecule has 2 aromatic rings. The van der Waals surface area contributed by atoms with Gasteiger partial charge in [0.15, 0.2) is 0 Å². The molecule has 3 rings (SSSR count). The van der Waals surface area contributed by atoms with Crippen molar-refractivity contribution >= 4 is 11.8 Å². The number of amides is 2. The van der Waals surface area contributed by atoms with Crippen molar-refractivity contribution in [3.8, 4) is 11.3 Å². The lowest BCUT2D eigenvalue weighted by Gasteiger charge is -2.04. The second-order valence-electron chi connectivity index (χ2n) is 4.94. The Labute approximate surface area is 120 Å². The van der Waals surface area contributed by atoms with Gasteiger partial charge in [0.2, 0.25) is 5.91 Å². The molecule has 1 aliphatic carbocycles. The van der Waals surface area contributed by atoms with Gasteiger partial charge in [-0.25, -0.2) is 0 Å². The van der Waals surface area contributed by atoms with E-state index in [0.29, 0.717) is 5.69 Å². The normalized spacial score (nSPS) is 13.7. The fraction of sp³-hybridized carbons (Fsp3) is 0.200. The summed E-state index contributed by atoms with van der Waals surface area (Å²) in [5, 5.41) is 2.25. The number of carbonyl (C=O) groups is 2. The minimum Gasteiger partial charge on any atom is -0.321 e. The van der Waals surface area contributed by atoms with Crippen molar-refractivity contribution in [2.24, 2.45) is 5.92 Å². The molecular formula is C15H13N3O3. The third-order valence-electron chi connectivity index (χ3n) is 3.33. The van der Waals surface area contributed by atoms with E-state index in [2.05, 4.69) is 15.3 Å². The number of aromatic nitrogens is 2. The van der Waals surface area contributed by atoms with E-state index >= 15 is 0 Å². The molecule has 1 saturated carbocycles. The molecule has 0 spiro atoms. The number of nitrogens with one attached hydrogen (secondary N) is 2. The molecule has 1 aliphatic rings. The van der Waals surface area contributed by atoms with Gasteiger partial charge in [-0.15, -0.1) is 0 Å². The van der Waals surface area contributed by atoms with Crippen molar-refractivity contribution in [3.63, 3.8) is 0 Å². The second kappa shape index (κ2) is 5.32. The topological polar surface area (TPSA) is 91.9 Å². The van der Waals surface area contributed by atoms with Crippen molar-refractivity contribution in [1.29, 1.82) is 0 Å². The molecule has 2 aromatic heterocycles. The fourth-order valence-electron chi connectivity index (χ4n) is 1.98. The molecule has 0 aliphatic heterocycles. The highest BCUT2D eigenvalue weighted by molar-refractivity contribution is 6.05. The number of hydrogen-bond acceptors (Lipinski definition) is 4. The molecular weight excluding hydrogens is 270 g/mol. The van der Waals surface area contributed by atoms with Gasteiger partial charge in [-0.05, 0) is 37.1 Å². The summed E-state index contributed by atoms with van der Waals surface area (Å²) in [5.41, 5.74) is 0.794. The minimum atomic E-state index is -0.658. The molecule has 2 amide bonds. The lowest BCUT2D eigenvalue weighted by molar-refractivity contribution is -0.121. The first-order valence-corrected chi connectivity index (χ1v) is 6.64. The summed E-state index contributed by atoms with van der Waals surface area (Å²) in [7, 11) is 0. The van der Waals surface area contributed by atoms with Crippen LogP contribution in [0.25, 0.3) is 11.3 Å². The maximum Gasteiger partial charge on any atom is 0.263 e. The average molecular weight is 283 g/mol. The van der Waals surface area contributed by atoms with E-state index < -0.39 is 11.5 Å². The van der Waals surface area contributed by atoms with Gasteiger partial charge in [-0.3, -0.25) is 24.7 Å². The van der Waals surface area contributed by atoms with Crippen molar-refractivity contribution in [2.75, 3.05) is 0 Å². The molecule has 0 bridgehead atoms. The smallest absolute Gasteiger partial charge is 0.263 e. The van der Waals surface area contributed by atoms with E-state index in [0.717, 1.165) is 18.4 Å². The SMILES string of the molecule is O=C(NC(=O)C1CC1)c1ccc(-c2ccncc2)[nH]c1=O. The summed E-state index contributed by atoms with van der Waals surface area (Å²) in [6, 6.07) is 6.56. The zero-order valence-corrected chi connectivity index (χ0v) is 11.1. The monoisotopic (exact) mass is 283 g/mol. The van der Waals surface area contributed by atoms with Crippen molar-refractivity contribution in [2.45, 2.75) is 12.8 Å². The van der Waals surface area contributed by atoms with E-state index in [1.54, 1.807) is 30.6 Å². The predicted octanol–water partition coefficient (Wildman–Crippen LogP) is 1.10. The molecule has 2 heterocycles. The molecule has 6 heteroatoms. The van der Waals surface area contributed by atoms with Gasteiger partial charge < -0.3 is 4.98 Å². The highest BCUT2D eigenvalue weighted by Gasteiger charge is 2.31. The lowest BCUT2D eigenvalue weighted by atomic mass is 10.1. The lowest BCUT2D eigenvalue weighted by Crippen LogP contribution is -2.35. The highest BCUT2D eigenvalue weighted by Crippen LogP contribution is 2.28. The molecule has 0 radical (unpaired) electrons. The Morgan fingerprint density at radius 3 is 2.48 bits per heavy atom. The van der Waals surface area contributed by atoms with Gasteiger partial charge in [0.05, 0.1) is 0 Å². The van der Waals surface area contributed by atoms with Crippen LogP contribution in [0.3, 0.4) is 0 Å². The number of pyridine rings is 2. The van der Waals surface area contributed by atoms with Crippen LogP contribution in [0, 0.1) is 5.92 Å². The predicted molar refractivity (Wildman–Crippen MR) is 75.5 cm³/mol. The summed E-state index contributed by atoms with van der Waals surface area (Å²) >= 11 is 0. The van der Waals surface area contributed by atoms with Crippen LogP contribution in [0.4, 0.5) is 0 Å². The number of aromatic amines is 1. The largest absolute Gasteiger partial charge is 0.321 e. The van der Waals surface area contributed by atoms with Crippen LogP contribution in [0.1, 0.15) is 23.2 Å². The molecule has 0 aromatic carbocycles. The van der Waals surface area contributed by atoms with Crippen LogP contribution < -0.4 is 10.9 Å². The zero-order chi connectivity index (χ0) is 14.8. The van der Waals surface area contributed by atoms with Gasteiger partial charge in [-0.2, -0.15) is 0 Å². The minimum absolute atomic E-state index is 0.0678. The number of H-pyrrole nitrogens is 1. The van der Waals surface area contributed by atoms with Crippen molar-refractivity contribution < 1.29 is 9.59 Å². The fourth-order valence-corrected chi connectivity index (χ4v) is 1.98. The summed E-state index contributed by atoms with van der Waals surface area (Å²) in [6.45, 7) is 0. The molecule has 0 saturated heterocycles. The summed E-state index contributed by atoms with van der Waals surface area (Å²) in [5.74, 6) is -1.05. The van der Waals surface area contributed by atoms with Crippen LogP contribution in [0.15, 0.2) is 41.5 Å². The number of carbonyl (C=O) groups excluding carboxylic acids is 2. The Bertz CT molecular complexity index is 748. The molecule has 0 unspecified atom stereocenters. The van der Waals surface area contributed by atoms with Gasteiger partial charge >= 0.3 is 0 Å². The third kappa shape index (κ3) is 2.89. The molecule has 1 fully saturated rings. The zero-order valence-electron chi connectivity index (χ0n) is 11.1. The van der Waals surface area contributed by atoms with E-state index in [-0.39, 0.29) is 17.4 Å². The van der Waals surface area contributed by atoms with E-state index in [4.69, 9.17) is 0 Å². The van der Waals surface area contributed by atoms with E-state index in [1.165, 1.54) is 6.07 Å². The number of hydrogen-bond donors (Lipinski definition) is 2. The van der Waals surface area contributed by atoms with Crippen LogP contribution in [-0.4, -0.2) is 21.8 Å². The first kappa shape index (κ1) is 13.2. The Kier molecular flexibility index (Phi) is 3.35. The molecule has 2 N–H and O–H groups in total. The summed E-state index contributed by atoms with van der Waals surface area (Å²) < 4.78 is 0. The van der Waals surface area contributed by atoms with Crippen molar-refractivity contribution in [1.82, 2.24) is 15.3 Å². The van der Waals surface area contributed by atoms with E-state index in [9.17, 15) is 14.4 Å². The first-order chi connectivity index (χ1) is 10.1. The number of nitrogens with zero attached hydrogens (tertiary/aromatic N) is 1. The number of imide groups is 1. The maximum absolute atomic E-state index is 12.0. The molecule has 6 nitrogen and oxygen atoms in total. The summed E-state index contributed by atoms with van der Waals surface area (Å²) in [6.07, 6.45) is 4.83. The van der Waals surface area contributed by atoms with Gasteiger partial charge in [-0.1, -0.05) is 0 Å². The third-order valence-corrected chi connectivity index (χ3v) is 3.33. The second-order valence-corrected chi connectivity index (χ2v) is 4.94. The molecule has 106 valence electrons. The Hall–Kier alpha value is -2.76. The van der Waals surface area contributed by atoms with Gasteiger partial charge in [0.25, 0.3) is 11.5 Å². The van der Waals surface area contributed by atoms with Crippen LogP contribution in [0.2, 0.25) is 0 Å². The Morgan fingerprint density at radius 2 is 1.86 bits per heavy atom. The first-order valence-electron chi connectivity index (χ1n) is 6.64. The maximum atomic E-state index is 12.0. The highest BCUT2D eigenvalue weighted by atomic mass is 16.2. The quantitative estimate of drug-likeness (QED) is 0.825. The van der Waals surface area contributed by atoms with Crippen LogP contribution in [0.5, 0.6) is 0 Å². The number of rotatable bonds is 3. The molecule has 21 heavy (non-hydrogen) atoms. The van der Waals surface area contributed by atoms with Gasteiger partial charge in [0, 0.05) is 29.6 Å². The Morgan fingerprint density at radius 1 is 1.14 bits per heavy atom. The van der Waals surface area contributed by atoms with Crippen LogP contribution in [-0.2, 0) is 4.79 Å². The van der Waals surface area contributed by atoms with Crippen molar-refractivity contribution in [3.05, 3.63) is 52.6 Å². The Balaban J connectivity index is 1.83. The standard InChI is InChI=1S/C15H13N3O3/c19-13(10-1-2-10)18-15(21)11-3-4-12(17-14(11)20)9-5-7-16-8-6-9/h3-8,10H,1-2H2,(H,17,20)(H,18,19,21). The van der Waals surface area contributed by atoms with Crippen LogP contribution >= 0.6 is 0 Å². The van der Waals surface area contributed by atoms with E-state index in [1.807, 2.05) is 0 Å².